The number of aryl methyl sites for hydroxylation is 1. The highest BCUT2D eigenvalue weighted by atomic mass is 35.5. The van der Waals surface area contributed by atoms with Gasteiger partial charge >= 0.3 is 5.97 Å². The lowest BCUT2D eigenvalue weighted by atomic mass is 9.66. The molecule has 3 unspecified atom stereocenters. The van der Waals surface area contributed by atoms with Crippen molar-refractivity contribution in [2.24, 2.45) is 17.8 Å². The zero-order valence-corrected chi connectivity index (χ0v) is 22.7. The number of aliphatic hydroxyl groups excluding tert-OH is 1. The van der Waals surface area contributed by atoms with Gasteiger partial charge in [0.2, 0.25) is 5.91 Å². The number of para-hydroxylation sites is 1. The second kappa shape index (κ2) is 10.8. The molecule has 7 nitrogen and oxygen atoms in total. The minimum atomic E-state index is -0.756. The topological polar surface area (TPSA) is 87.2 Å². The second-order valence-corrected chi connectivity index (χ2v) is 11.9. The number of halogens is 1. The predicted molar refractivity (Wildman–Crippen MR) is 142 cm³/mol. The van der Waals surface area contributed by atoms with Crippen molar-refractivity contribution in [3.63, 3.8) is 0 Å². The maximum atomic E-state index is 14.5. The molecule has 0 aliphatic carbocycles. The van der Waals surface area contributed by atoms with Crippen LogP contribution >= 0.6 is 23.4 Å². The van der Waals surface area contributed by atoms with E-state index in [0.717, 1.165) is 12.0 Å². The Labute approximate surface area is 222 Å². The Morgan fingerprint density at radius 3 is 2.78 bits per heavy atom. The molecule has 1 spiro atoms. The summed E-state index contributed by atoms with van der Waals surface area (Å²) in [6, 6.07) is 4.74. The molecule has 6 atom stereocenters. The fourth-order valence-corrected chi connectivity index (χ4v) is 9.20. The van der Waals surface area contributed by atoms with E-state index in [1.165, 1.54) is 0 Å². The van der Waals surface area contributed by atoms with E-state index >= 15 is 0 Å². The molecule has 0 radical (unpaired) electrons. The molecule has 1 aromatic rings. The Balaban J connectivity index is 1.82. The van der Waals surface area contributed by atoms with E-state index in [4.69, 9.17) is 16.3 Å². The number of hydrogen-bond donors (Lipinski definition) is 1. The van der Waals surface area contributed by atoms with Crippen molar-refractivity contribution in [3.05, 3.63) is 41.4 Å². The van der Waals surface area contributed by atoms with Crippen molar-refractivity contribution in [2.75, 3.05) is 31.2 Å². The number of thioether (sulfide) groups is 1. The predicted octanol–water partition coefficient (Wildman–Crippen LogP) is 3.84. The molecule has 0 saturated carbocycles. The third-order valence-corrected chi connectivity index (χ3v) is 10.3. The first-order valence-electron chi connectivity index (χ1n) is 12.7. The molecule has 2 bridgehead atoms. The maximum Gasteiger partial charge on any atom is 0.310 e. The van der Waals surface area contributed by atoms with E-state index in [0.29, 0.717) is 30.1 Å². The van der Waals surface area contributed by atoms with Gasteiger partial charge < -0.3 is 19.6 Å². The lowest BCUT2D eigenvalue weighted by Crippen LogP contribution is -2.57. The maximum absolute atomic E-state index is 14.5. The van der Waals surface area contributed by atoms with E-state index in [1.807, 2.05) is 19.1 Å². The molecule has 4 rings (SSSR count). The summed E-state index contributed by atoms with van der Waals surface area (Å²) < 4.78 is 4.67. The van der Waals surface area contributed by atoms with Crippen LogP contribution in [0.3, 0.4) is 0 Å². The van der Waals surface area contributed by atoms with Crippen molar-refractivity contribution in [1.82, 2.24) is 4.90 Å². The van der Waals surface area contributed by atoms with Crippen molar-refractivity contribution >= 4 is 46.8 Å². The number of anilines is 1. The number of aliphatic hydroxyl groups is 1. The van der Waals surface area contributed by atoms with Crippen LogP contribution in [0.4, 0.5) is 5.69 Å². The number of esters is 1. The molecule has 2 amide bonds. The molecular weight excluding hydrogens is 500 g/mol. The average Bonchev–Trinajstić information content (AvgIpc) is 3.42. The second-order valence-electron chi connectivity index (χ2n) is 9.91. The molecule has 3 saturated heterocycles. The number of hydrogen-bond acceptors (Lipinski definition) is 6. The Morgan fingerprint density at radius 1 is 1.39 bits per heavy atom. The Morgan fingerprint density at radius 2 is 2.14 bits per heavy atom. The van der Waals surface area contributed by atoms with Crippen molar-refractivity contribution in [2.45, 2.75) is 56.1 Å². The van der Waals surface area contributed by atoms with Gasteiger partial charge in [0.05, 0.1) is 33.9 Å². The summed E-state index contributed by atoms with van der Waals surface area (Å²) in [5.74, 6) is -1.85. The first-order valence-corrected chi connectivity index (χ1v) is 13.9. The average molecular weight is 535 g/mol. The Kier molecular flexibility index (Phi) is 8.07. The van der Waals surface area contributed by atoms with Gasteiger partial charge in [0.15, 0.2) is 0 Å². The third-order valence-electron chi connectivity index (χ3n) is 7.88. The molecule has 1 N–H and O–H groups in total. The van der Waals surface area contributed by atoms with E-state index in [-0.39, 0.29) is 48.7 Å². The number of amides is 2. The summed E-state index contributed by atoms with van der Waals surface area (Å²) in [4.78, 5) is 44.9. The van der Waals surface area contributed by atoms with E-state index in [2.05, 4.69) is 13.5 Å². The van der Waals surface area contributed by atoms with Gasteiger partial charge in [-0.05, 0) is 50.7 Å². The van der Waals surface area contributed by atoms with E-state index in [9.17, 15) is 19.5 Å². The zero-order chi connectivity index (χ0) is 26.2. The van der Waals surface area contributed by atoms with Gasteiger partial charge in [0.25, 0.3) is 5.91 Å². The third kappa shape index (κ3) is 4.15. The SMILES string of the molecule is C=CCN(C(=O)C1N(CCCCO)C(=O)[C@@H]2[C@H](C(=O)OCC)[C@@H]3CC(C)C12S3)c1c(C)cccc1Cl. The summed E-state index contributed by atoms with van der Waals surface area (Å²) >= 11 is 8.21. The highest BCUT2D eigenvalue weighted by molar-refractivity contribution is 8.02. The number of unbranched alkanes of at least 4 members (excludes halogenated alkanes) is 1. The summed E-state index contributed by atoms with van der Waals surface area (Å²) in [5.41, 5.74) is 1.46. The van der Waals surface area contributed by atoms with Crippen LogP contribution in [0.15, 0.2) is 30.9 Å². The molecule has 3 heterocycles. The molecule has 1 aromatic carbocycles. The zero-order valence-electron chi connectivity index (χ0n) is 21.1. The molecule has 3 aliphatic heterocycles. The standard InChI is InChI=1S/C27H35ClN2O5S/c1-5-12-29(22-16(3)10-9-11-18(22)28)25(33)23-27-17(4)15-19(36-27)20(26(34)35-6-2)21(27)24(32)30(23)13-7-8-14-31/h5,9-11,17,19-21,23,31H,1,6-8,12-15H2,2-4H3/t17?,19-,20+,21-,23?,27?/m0/s1. The highest BCUT2D eigenvalue weighted by Crippen LogP contribution is 2.68. The number of carbonyl (C=O) groups excluding carboxylic acids is 3. The van der Waals surface area contributed by atoms with E-state index < -0.39 is 22.6 Å². The summed E-state index contributed by atoms with van der Waals surface area (Å²) in [7, 11) is 0. The lowest BCUT2D eigenvalue weighted by molar-refractivity contribution is -0.154. The smallest absolute Gasteiger partial charge is 0.310 e. The van der Waals surface area contributed by atoms with Crippen LogP contribution in [0.1, 0.15) is 38.7 Å². The highest BCUT2D eigenvalue weighted by Gasteiger charge is 2.76. The van der Waals surface area contributed by atoms with Crippen molar-refractivity contribution in [3.8, 4) is 0 Å². The molecule has 3 aliphatic rings. The van der Waals surface area contributed by atoms with Crippen LogP contribution in [0.2, 0.25) is 5.02 Å². The monoisotopic (exact) mass is 534 g/mol. The minimum absolute atomic E-state index is 0.00923. The molecular formula is C27H35ClN2O5S. The minimum Gasteiger partial charge on any atom is -0.466 e. The van der Waals surface area contributed by atoms with Crippen LogP contribution in [-0.4, -0.2) is 70.1 Å². The number of rotatable bonds is 10. The summed E-state index contributed by atoms with van der Waals surface area (Å²) in [6.45, 7) is 10.4. The first kappa shape index (κ1) is 27.0. The van der Waals surface area contributed by atoms with Gasteiger partial charge in [-0.25, -0.2) is 0 Å². The molecule has 0 aromatic heterocycles. The van der Waals surface area contributed by atoms with Crippen LogP contribution in [0.5, 0.6) is 0 Å². The fraction of sp³-hybridized carbons (Fsp3) is 0.593. The van der Waals surface area contributed by atoms with Crippen LogP contribution in [0.25, 0.3) is 0 Å². The Bertz CT molecular complexity index is 1030. The largest absolute Gasteiger partial charge is 0.466 e. The van der Waals surface area contributed by atoms with Crippen LogP contribution in [0, 0.1) is 24.7 Å². The molecule has 3 fully saturated rings. The fourth-order valence-electron chi connectivity index (χ4n) is 6.47. The van der Waals surface area contributed by atoms with Gasteiger partial charge in [-0.2, -0.15) is 0 Å². The number of likely N-dealkylation sites (tertiary alicyclic amines) is 1. The summed E-state index contributed by atoms with van der Waals surface area (Å²) in [6.07, 6.45) is 3.49. The number of nitrogens with zero attached hydrogens (tertiary/aromatic N) is 2. The normalized spacial score (nSPS) is 30.4. The van der Waals surface area contributed by atoms with Crippen molar-refractivity contribution in [1.29, 1.82) is 0 Å². The molecule has 36 heavy (non-hydrogen) atoms. The molecule has 196 valence electrons. The van der Waals surface area contributed by atoms with Gasteiger partial charge in [0, 0.05) is 24.9 Å². The quantitative estimate of drug-likeness (QED) is 0.279. The first-order chi connectivity index (χ1) is 17.2. The van der Waals surface area contributed by atoms with Crippen LogP contribution < -0.4 is 4.90 Å². The van der Waals surface area contributed by atoms with Crippen molar-refractivity contribution < 1.29 is 24.2 Å². The van der Waals surface area contributed by atoms with Gasteiger partial charge in [-0.1, -0.05) is 36.7 Å². The summed E-state index contributed by atoms with van der Waals surface area (Å²) in [5, 5.41) is 9.76. The lowest BCUT2D eigenvalue weighted by Gasteiger charge is -2.40. The van der Waals surface area contributed by atoms with Gasteiger partial charge in [-0.3, -0.25) is 14.4 Å². The molecule has 9 heteroatoms. The number of fused-ring (bicyclic) bond motifs is 1. The van der Waals surface area contributed by atoms with E-state index in [1.54, 1.807) is 40.6 Å². The van der Waals surface area contributed by atoms with Gasteiger partial charge in [0.1, 0.15) is 6.04 Å². The number of benzene rings is 1. The van der Waals surface area contributed by atoms with Gasteiger partial charge in [-0.15, -0.1) is 18.3 Å². The number of carbonyl (C=O) groups is 3. The van der Waals surface area contributed by atoms with Crippen LogP contribution in [-0.2, 0) is 19.1 Å². The Hall–Kier alpha value is -2.03. The number of ether oxygens (including phenoxy) is 1.